The molecule has 0 aliphatic heterocycles. The number of pyridine rings is 2. The number of allylic oxidation sites excluding steroid dienone is 1. The normalized spacial score (nSPS) is 13.7. The van der Waals surface area contributed by atoms with Crippen molar-refractivity contribution < 1.29 is 26.3 Å². The molecule has 0 aliphatic rings. The molecule has 2 nitrogen and oxygen atoms in total. The van der Waals surface area contributed by atoms with Crippen molar-refractivity contribution in [3.8, 4) is 0 Å². The maximum Gasteiger partial charge on any atom is 0.433 e. The molecule has 0 aliphatic carbocycles. The second kappa shape index (κ2) is 6.02. The fourth-order valence-corrected chi connectivity index (χ4v) is 2.07. The number of aromatic nitrogens is 2. The van der Waals surface area contributed by atoms with Crippen LogP contribution in [0.5, 0.6) is 0 Å². The predicted molar refractivity (Wildman–Crippen MR) is 70.5 cm³/mol. The molecule has 0 saturated carbocycles. The van der Waals surface area contributed by atoms with Crippen LogP contribution in [-0.4, -0.2) is 9.97 Å². The van der Waals surface area contributed by atoms with Gasteiger partial charge in [-0.05, 0) is 23.8 Å². The van der Waals surface area contributed by atoms with E-state index >= 15 is 0 Å². The first-order valence-corrected chi connectivity index (χ1v) is 6.32. The fourth-order valence-electron chi connectivity index (χ4n) is 2.07. The zero-order valence-corrected chi connectivity index (χ0v) is 11.5. The lowest BCUT2D eigenvalue weighted by molar-refractivity contribution is -0.142. The van der Waals surface area contributed by atoms with Crippen LogP contribution in [0, 0.1) is 0 Å². The maximum atomic E-state index is 13.0. The highest BCUT2D eigenvalue weighted by atomic mass is 19.4. The molecule has 0 saturated heterocycles. The standard InChI is InChI=1S/C15H10F6N2/c1-2-10(11-4-3-7-22-13(11)15(19,20)21)12-6-5-9(8-23-12)14(16,17)18/h2-8,10H,1H2. The smallest absolute Gasteiger partial charge is 0.260 e. The average Bonchev–Trinajstić information content (AvgIpc) is 2.47. The highest BCUT2D eigenvalue weighted by Gasteiger charge is 2.37. The van der Waals surface area contributed by atoms with Gasteiger partial charge in [-0.3, -0.25) is 9.97 Å². The van der Waals surface area contributed by atoms with E-state index in [1.165, 1.54) is 18.2 Å². The molecule has 0 radical (unpaired) electrons. The molecule has 1 atom stereocenters. The van der Waals surface area contributed by atoms with E-state index in [4.69, 9.17) is 0 Å². The lowest BCUT2D eigenvalue weighted by Crippen LogP contribution is -2.15. The summed E-state index contributed by atoms with van der Waals surface area (Å²) in [6.07, 6.45) is -6.51. The predicted octanol–water partition coefficient (Wildman–Crippen LogP) is 4.83. The first kappa shape index (κ1) is 17.0. The number of halogens is 6. The lowest BCUT2D eigenvalue weighted by atomic mass is 9.93. The molecule has 0 bridgehead atoms. The van der Waals surface area contributed by atoms with Crippen LogP contribution < -0.4 is 0 Å². The van der Waals surface area contributed by atoms with E-state index in [2.05, 4.69) is 16.5 Å². The van der Waals surface area contributed by atoms with Gasteiger partial charge in [0.05, 0.1) is 11.3 Å². The Kier molecular flexibility index (Phi) is 4.44. The molecule has 0 aromatic carbocycles. The van der Waals surface area contributed by atoms with Gasteiger partial charge in [-0.1, -0.05) is 12.1 Å². The van der Waals surface area contributed by atoms with E-state index in [1.54, 1.807) is 0 Å². The van der Waals surface area contributed by atoms with Gasteiger partial charge in [0.25, 0.3) is 0 Å². The Balaban J connectivity index is 2.48. The van der Waals surface area contributed by atoms with Crippen LogP contribution in [-0.2, 0) is 12.4 Å². The minimum absolute atomic E-state index is 0.0199. The van der Waals surface area contributed by atoms with Gasteiger partial charge in [0.1, 0.15) is 5.69 Å². The van der Waals surface area contributed by atoms with Crippen LogP contribution in [0.3, 0.4) is 0 Å². The summed E-state index contributed by atoms with van der Waals surface area (Å²) >= 11 is 0. The molecule has 2 aromatic rings. The quantitative estimate of drug-likeness (QED) is 0.594. The Bertz CT molecular complexity index is 688. The molecular formula is C15H10F6N2. The average molecular weight is 332 g/mol. The van der Waals surface area contributed by atoms with Crippen molar-refractivity contribution in [2.24, 2.45) is 0 Å². The summed E-state index contributed by atoms with van der Waals surface area (Å²) in [5, 5.41) is 0. The molecule has 122 valence electrons. The van der Waals surface area contributed by atoms with E-state index in [1.807, 2.05) is 0 Å². The first-order chi connectivity index (χ1) is 10.6. The van der Waals surface area contributed by atoms with Crippen molar-refractivity contribution in [3.05, 3.63) is 71.8 Å². The minimum Gasteiger partial charge on any atom is -0.260 e. The monoisotopic (exact) mass is 332 g/mol. The van der Waals surface area contributed by atoms with E-state index in [0.717, 1.165) is 18.3 Å². The molecule has 0 fully saturated rings. The highest BCUT2D eigenvalue weighted by Crippen LogP contribution is 2.36. The number of rotatable bonds is 3. The fraction of sp³-hybridized carbons (Fsp3) is 0.200. The summed E-state index contributed by atoms with van der Waals surface area (Å²) in [7, 11) is 0. The number of hydrogen-bond donors (Lipinski definition) is 0. The van der Waals surface area contributed by atoms with Crippen molar-refractivity contribution in [3.63, 3.8) is 0 Å². The van der Waals surface area contributed by atoms with E-state index in [0.29, 0.717) is 6.20 Å². The van der Waals surface area contributed by atoms with E-state index in [-0.39, 0.29) is 11.3 Å². The lowest BCUT2D eigenvalue weighted by Gasteiger charge is -2.18. The SMILES string of the molecule is C=CC(c1ccc(C(F)(F)F)cn1)c1cccnc1C(F)(F)F. The molecule has 2 heterocycles. The summed E-state index contributed by atoms with van der Waals surface area (Å²) in [6, 6.07) is 4.30. The van der Waals surface area contributed by atoms with Crippen LogP contribution in [0.15, 0.2) is 49.3 Å². The Labute approximate surface area is 127 Å². The Morgan fingerprint density at radius 3 is 2.13 bits per heavy atom. The molecule has 0 amide bonds. The number of nitrogens with zero attached hydrogens (tertiary/aromatic N) is 2. The Morgan fingerprint density at radius 2 is 1.65 bits per heavy atom. The van der Waals surface area contributed by atoms with Gasteiger partial charge in [-0.15, -0.1) is 6.58 Å². The molecule has 2 rings (SSSR count). The van der Waals surface area contributed by atoms with Gasteiger partial charge in [0.2, 0.25) is 0 Å². The summed E-state index contributed by atoms with van der Waals surface area (Å²) in [4.78, 5) is 6.95. The molecule has 23 heavy (non-hydrogen) atoms. The second-order valence-electron chi connectivity index (χ2n) is 4.62. The van der Waals surface area contributed by atoms with Gasteiger partial charge < -0.3 is 0 Å². The van der Waals surface area contributed by atoms with E-state index in [9.17, 15) is 26.3 Å². The topological polar surface area (TPSA) is 25.8 Å². The molecule has 0 N–H and O–H groups in total. The van der Waals surface area contributed by atoms with Crippen LogP contribution in [0.1, 0.15) is 28.4 Å². The van der Waals surface area contributed by atoms with Gasteiger partial charge in [0, 0.05) is 18.3 Å². The molecule has 2 aromatic heterocycles. The van der Waals surface area contributed by atoms with Gasteiger partial charge in [-0.25, -0.2) is 0 Å². The van der Waals surface area contributed by atoms with Crippen LogP contribution in [0.2, 0.25) is 0 Å². The zero-order valence-electron chi connectivity index (χ0n) is 11.5. The van der Waals surface area contributed by atoms with Crippen molar-refractivity contribution in [1.29, 1.82) is 0 Å². The molecule has 1 unspecified atom stereocenters. The maximum absolute atomic E-state index is 13.0. The number of alkyl halides is 6. The van der Waals surface area contributed by atoms with Crippen LogP contribution in [0.4, 0.5) is 26.3 Å². The van der Waals surface area contributed by atoms with Crippen LogP contribution in [0.25, 0.3) is 0 Å². The second-order valence-corrected chi connectivity index (χ2v) is 4.62. The summed E-state index contributed by atoms with van der Waals surface area (Å²) in [5.74, 6) is -1.03. The molecule has 0 spiro atoms. The zero-order chi connectivity index (χ0) is 17.3. The largest absolute Gasteiger partial charge is 0.433 e. The third-order valence-electron chi connectivity index (χ3n) is 3.11. The van der Waals surface area contributed by atoms with Crippen molar-refractivity contribution in [2.75, 3.05) is 0 Å². The summed E-state index contributed by atoms with van der Waals surface area (Å²) < 4.78 is 76.6. The summed E-state index contributed by atoms with van der Waals surface area (Å²) in [5.41, 5.74) is -2.30. The molecule has 8 heteroatoms. The molecular weight excluding hydrogens is 322 g/mol. The van der Waals surface area contributed by atoms with E-state index < -0.39 is 29.5 Å². The van der Waals surface area contributed by atoms with Crippen molar-refractivity contribution in [1.82, 2.24) is 9.97 Å². The highest BCUT2D eigenvalue weighted by molar-refractivity contribution is 5.37. The third kappa shape index (κ3) is 3.69. The third-order valence-corrected chi connectivity index (χ3v) is 3.11. The van der Waals surface area contributed by atoms with Crippen molar-refractivity contribution in [2.45, 2.75) is 18.3 Å². The van der Waals surface area contributed by atoms with Gasteiger partial charge in [0.15, 0.2) is 0 Å². The Hall–Kier alpha value is -2.38. The Morgan fingerprint density at radius 1 is 0.957 bits per heavy atom. The first-order valence-electron chi connectivity index (χ1n) is 6.32. The van der Waals surface area contributed by atoms with Gasteiger partial charge in [-0.2, -0.15) is 26.3 Å². The van der Waals surface area contributed by atoms with Gasteiger partial charge >= 0.3 is 12.4 Å². The number of hydrogen-bond acceptors (Lipinski definition) is 2. The van der Waals surface area contributed by atoms with Crippen molar-refractivity contribution >= 4 is 0 Å². The van der Waals surface area contributed by atoms with Crippen LogP contribution >= 0.6 is 0 Å². The summed E-state index contributed by atoms with van der Waals surface area (Å²) in [6.45, 7) is 3.45. The minimum atomic E-state index is -4.69.